The van der Waals surface area contributed by atoms with E-state index in [-0.39, 0.29) is 23.3 Å². The zero-order chi connectivity index (χ0) is 22.5. The first kappa shape index (κ1) is 21.5. The SMILES string of the molecule is COc1ccc(C(NC(O)c2cnc(-c3cccnn3)[nH]c2=O)C2C=CC(C)=NC2)cc1. The minimum absolute atomic E-state index is 0.00680. The van der Waals surface area contributed by atoms with E-state index < -0.39 is 11.8 Å². The number of ether oxygens (including phenoxy) is 1. The molecule has 0 fully saturated rings. The second-order valence-corrected chi connectivity index (χ2v) is 7.45. The van der Waals surface area contributed by atoms with Gasteiger partial charge in [0.25, 0.3) is 5.56 Å². The van der Waals surface area contributed by atoms with Gasteiger partial charge < -0.3 is 14.8 Å². The largest absolute Gasteiger partial charge is 0.497 e. The predicted molar refractivity (Wildman–Crippen MR) is 120 cm³/mol. The number of benzene rings is 1. The van der Waals surface area contributed by atoms with Gasteiger partial charge in [0.1, 0.15) is 17.7 Å². The van der Waals surface area contributed by atoms with Crippen LogP contribution in [-0.2, 0) is 0 Å². The third-order valence-electron chi connectivity index (χ3n) is 5.31. The summed E-state index contributed by atoms with van der Waals surface area (Å²) in [5.74, 6) is 1.01. The first-order valence-electron chi connectivity index (χ1n) is 10.2. The van der Waals surface area contributed by atoms with Crippen LogP contribution in [0.2, 0.25) is 0 Å². The number of aliphatic hydroxyl groups excluding tert-OH is 1. The molecule has 164 valence electrons. The summed E-state index contributed by atoms with van der Waals surface area (Å²) in [6.07, 6.45) is 5.67. The van der Waals surface area contributed by atoms with Crippen LogP contribution in [0.25, 0.3) is 11.5 Å². The molecule has 3 aromatic rings. The molecule has 32 heavy (non-hydrogen) atoms. The molecule has 1 aliphatic heterocycles. The Morgan fingerprint density at radius 3 is 2.69 bits per heavy atom. The second kappa shape index (κ2) is 9.63. The van der Waals surface area contributed by atoms with Gasteiger partial charge in [-0.15, -0.1) is 5.10 Å². The number of aromatic nitrogens is 4. The maximum Gasteiger partial charge on any atom is 0.258 e. The van der Waals surface area contributed by atoms with Crippen LogP contribution in [0, 0.1) is 5.92 Å². The predicted octanol–water partition coefficient (Wildman–Crippen LogP) is 2.20. The lowest BCUT2D eigenvalue weighted by Gasteiger charge is -2.29. The minimum Gasteiger partial charge on any atom is -0.497 e. The quantitative estimate of drug-likeness (QED) is 0.489. The van der Waals surface area contributed by atoms with E-state index in [0.717, 1.165) is 17.0 Å². The van der Waals surface area contributed by atoms with Crippen molar-refractivity contribution in [1.29, 1.82) is 0 Å². The normalized spacial score (nSPS) is 17.5. The summed E-state index contributed by atoms with van der Waals surface area (Å²) < 4.78 is 5.25. The molecule has 0 radical (unpaired) electrons. The number of hydrogen-bond acceptors (Lipinski definition) is 8. The lowest BCUT2D eigenvalue weighted by Crippen LogP contribution is -2.35. The van der Waals surface area contributed by atoms with E-state index in [9.17, 15) is 9.90 Å². The Kier molecular flexibility index (Phi) is 6.48. The van der Waals surface area contributed by atoms with Crippen molar-refractivity contribution < 1.29 is 9.84 Å². The third-order valence-corrected chi connectivity index (χ3v) is 5.31. The molecule has 1 aliphatic rings. The standard InChI is InChI=1S/C23H24N6O3/c1-14-5-6-16(12-24-14)20(15-7-9-17(32-2)10-8-15)27-22(30)18-13-25-21(28-23(18)31)19-4-3-11-26-29-19/h3-11,13,16,20,22,27,30H,12H2,1-2H3,(H,25,28,31). The van der Waals surface area contributed by atoms with E-state index in [0.29, 0.717) is 12.2 Å². The average molecular weight is 432 g/mol. The zero-order valence-electron chi connectivity index (χ0n) is 17.8. The highest BCUT2D eigenvalue weighted by atomic mass is 16.5. The van der Waals surface area contributed by atoms with Gasteiger partial charge in [-0.1, -0.05) is 18.2 Å². The number of aromatic amines is 1. The van der Waals surface area contributed by atoms with Crippen molar-refractivity contribution >= 4 is 5.71 Å². The Bertz CT molecular complexity index is 1170. The topological polar surface area (TPSA) is 125 Å². The Balaban J connectivity index is 1.60. The zero-order valence-corrected chi connectivity index (χ0v) is 17.8. The van der Waals surface area contributed by atoms with Gasteiger partial charge in [-0.05, 0) is 42.8 Å². The van der Waals surface area contributed by atoms with Gasteiger partial charge in [0.15, 0.2) is 5.82 Å². The molecule has 2 aromatic heterocycles. The van der Waals surface area contributed by atoms with Gasteiger partial charge in [-0.2, -0.15) is 5.10 Å². The molecule has 1 aromatic carbocycles. The van der Waals surface area contributed by atoms with Crippen LogP contribution in [0.1, 0.15) is 30.3 Å². The van der Waals surface area contributed by atoms with Crippen molar-refractivity contribution in [3.63, 3.8) is 0 Å². The summed E-state index contributed by atoms with van der Waals surface area (Å²) in [6.45, 7) is 2.51. The Labute approximate surface area is 184 Å². The van der Waals surface area contributed by atoms with Gasteiger partial charge in [0.2, 0.25) is 0 Å². The van der Waals surface area contributed by atoms with E-state index in [2.05, 4.69) is 36.6 Å². The first-order chi connectivity index (χ1) is 15.5. The highest BCUT2D eigenvalue weighted by Crippen LogP contribution is 2.29. The van der Waals surface area contributed by atoms with Crippen LogP contribution in [-0.4, -0.2) is 44.6 Å². The number of H-pyrrole nitrogens is 1. The molecule has 0 saturated carbocycles. The van der Waals surface area contributed by atoms with Crippen molar-refractivity contribution in [2.75, 3.05) is 13.7 Å². The minimum atomic E-state index is -1.24. The lowest BCUT2D eigenvalue weighted by atomic mass is 9.90. The number of aliphatic hydroxyl groups is 1. The molecule has 4 rings (SSSR count). The van der Waals surface area contributed by atoms with Crippen molar-refractivity contribution in [2.45, 2.75) is 19.2 Å². The summed E-state index contributed by atoms with van der Waals surface area (Å²) in [5, 5.41) is 21.8. The van der Waals surface area contributed by atoms with Crippen molar-refractivity contribution in [3.8, 4) is 17.3 Å². The number of aliphatic imine (C=N–C) groups is 1. The van der Waals surface area contributed by atoms with Crippen LogP contribution in [0.5, 0.6) is 5.75 Å². The smallest absolute Gasteiger partial charge is 0.258 e. The first-order valence-corrected chi connectivity index (χ1v) is 10.2. The highest BCUT2D eigenvalue weighted by molar-refractivity contribution is 5.93. The fraction of sp³-hybridized carbons (Fsp3) is 0.261. The molecular formula is C23H24N6O3. The summed E-state index contributed by atoms with van der Waals surface area (Å²) in [6, 6.07) is 10.7. The summed E-state index contributed by atoms with van der Waals surface area (Å²) in [7, 11) is 1.61. The van der Waals surface area contributed by atoms with Crippen LogP contribution in [0.4, 0.5) is 0 Å². The van der Waals surface area contributed by atoms with E-state index in [4.69, 9.17) is 4.74 Å². The number of dihydropyridines is 1. The number of hydrogen-bond donors (Lipinski definition) is 3. The van der Waals surface area contributed by atoms with Crippen LogP contribution in [0.15, 0.2) is 70.7 Å². The maximum atomic E-state index is 12.7. The molecule has 0 saturated heterocycles. The number of rotatable bonds is 7. The molecule has 0 bridgehead atoms. The molecule has 3 heterocycles. The fourth-order valence-corrected chi connectivity index (χ4v) is 3.54. The summed E-state index contributed by atoms with van der Waals surface area (Å²) in [4.78, 5) is 24.1. The van der Waals surface area contributed by atoms with Crippen molar-refractivity contribution in [3.05, 3.63) is 82.4 Å². The Morgan fingerprint density at radius 2 is 2.06 bits per heavy atom. The number of nitrogens with zero attached hydrogens (tertiary/aromatic N) is 4. The number of nitrogens with one attached hydrogen (secondary N) is 2. The third kappa shape index (κ3) is 4.79. The van der Waals surface area contributed by atoms with E-state index in [1.807, 2.05) is 37.3 Å². The van der Waals surface area contributed by atoms with E-state index in [1.165, 1.54) is 12.4 Å². The molecule has 3 N–H and O–H groups in total. The summed E-state index contributed by atoms with van der Waals surface area (Å²) in [5.41, 5.74) is 1.98. The molecule has 3 unspecified atom stereocenters. The van der Waals surface area contributed by atoms with Crippen LogP contribution < -0.4 is 15.6 Å². The van der Waals surface area contributed by atoms with E-state index >= 15 is 0 Å². The Morgan fingerprint density at radius 1 is 1.25 bits per heavy atom. The average Bonchev–Trinajstić information content (AvgIpc) is 2.83. The van der Waals surface area contributed by atoms with Gasteiger partial charge >= 0.3 is 0 Å². The summed E-state index contributed by atoms with van der Waals surface area (Å²) >= 11 is 0. The lowest BCUT2D eigenvalue weighted by molar-refractivity contribution is 0.113. The van der Waals surface area contributed by atoms with Crippen LogP contribution >= 0.6 is 0 Å². The molecule has 3 atom stereocenters. The second-order valence-electron chi connectivity index (χ2n) is 7.45. The molecule has 9 nitrogen and oxygen atoms in total. The molecular weight excluding hydrogens is 408 g/mol. The molecule has 0 aliphatic carbocycles. The van der Waals surface area contributed by atoms with Gasteiger partial charge in [-0.25, -0.2) is 4.98 Å². The number of methoxy groups -OCH3 is 1. The van der Waals surface area contributed by atoms with Crippen molar-refractivity contribution in [1.82, 2.24) is 25.5 Å². The maximum absolute atomic E-state index is 12.7. The fourth-order valence-electron chi connectivity index (χ4n) is 3.54. The highest BCUT2D eigenvalue weighted by Gasteiger charge is 2.26. The molecule has 9 heteroatoms. The Hall–Kier alpha value is -3.69. The van der Waals surface area contributed by atoms with Crippen LogP contribution in [0.3, 0.4) is 0 Å². The van der Waals surface area contributed by atoms with Gasteiger partial charge in [0.05, 0.1) is 12.7 Å². The van der Waals surface area contributed by atoms with Gasteiger partial charge in [0, 0.05) is 36.6 Å². The van der Waals surface area contributed by atoms with E-state index in [1.54, 1.807) is 19.2 Å². The molecule has 0 spiro atoms. The monoisotopic (exact) mass is 432 g/mol. The van der Waals surface area contributed by atoms with Crippen molar-refractivity contribution in [2.24, 2.45) is 10.9 Å². The molecule has 0 amide bonds. The number of allylic oxidation sites excluding steroid dienone is 1. The van der Waals surface area contributed by atoms with Gasteiger partial charge in [-0.3, -0.25) is 15.1 Å².